The predicted molar refractivity (Wildman–Crippen MR) is 125 cm³/mol. The van der Waals surface area contributed by atoms with E-state index in [-0.39, 0.29) is 11.6 Å². The smallest absolute Gasteiger partial charge is 0.282 e. The second-order valence-electron chi connectivity index (χ2n) is 7.32. The zero-order chi connectivity index (χ0) is 22.7. The van der Waals surface area contributed by atoms with E-state index in [0.29, 0.717) is 40.6 Å². The molecule has 3 aromatic carbocycles. The van der Waals surface area contributed by atoms with Gasteiger partial charge < -0.3 is 14.8 Å². The van der Waals surface area contributed by atoms with Gasteiger partial charge in [-0.05, 0) is 61.4 Å². The Morgan fingerprint density at radius 3 is 2.34 bits per heavy atom. The molecule has 3 aromatic rings. The summed E-state index contributed by atoms with van der Waals surface area (Å²) in [4.78, 5) is 28.2. The van der Waals surface area contributed by atoms with Crippen LogP contribution in [-0.2, 0) is 9.59 Å². The van der Waals surface area contributed by atoms with E-state index < -0.39 is 5.91 Å². The van der Waals surface area contributed by atoms with Crippen LogP contribution in [0.3, 0.4) is 0 Å². The van der Waals surface area contributed by atoms with E-state index in [1.807, 2.05) is 44.2 Å². The number of ether oxygens (including phenoxy) is 2. The molecule has 0 radical (unpaired) electrons. The molecule has 32 heavy (non-hydrogen) atoms. The number of rotatable bonds is 7. The minimum absolute atomic E-state index is 0.199. The third kappa shape index (κ3) is 3.95. The SMILES string of the molecule is CCOc1ccc(C2=C(Nc3ccccc3OC)C(=O)N(c3cccc(C)c3)C2=O)cc1. The topological polar surface area (TPSA) is 67.9 Å². The van der Waals surface area contributed by atoms with Gasteiger partial charge in [0.25, 0.3) is 11.8 Å². The summed E-state index contributed by atoms with van der Waals surface area (Å²) < 4.78 is 10.9. The van der Waals surface area contributed by atoms with Crippen molar-refractivity contribution in [2.45, 2.75) is 13.8 Å². The third-order valence-corrected chi connectivity index (χ3v) is 5.16. The van der Waals surface area contributed by atoms with Crippen molar-refractivity contribution in [2.75, 3.05) is 23.9 Å². The van der Waals surface area contributed by atoms with Crippen LogP contribution in [0, 0.1) is 6.92 Å². The fourth-order valence-corrected chi connectivity index (χ4v) is 3.68. The highest BCUT2D eigenvalue weighted by Gasteiger charge is 2.40. The Bertz CT molecular complexity index is 1200. The number of anilines is 2. The van der Waals surface area contributed by atoms with E-state index in [2.05, 4.69) is 5.32 Å². The first-order chi connectivity index (χ1) is 15.5. The second-order valence-corrected chi connectivity index (χ2v) is 7.32. The monoisotopic (exact) mass is 428 g/mol. The van der Waals surface area contributed by atoms with Crippen molar-refractivity contribution in [1.29, 1.82) is 0 Å². The molecule has 0 saturated carbocycles. The summed E-state index contributed by atoms with van der Waals surface area (Å²) in [5, 5.41) is 3.15. The number of carbonyl (C=O) groups is 2. The van der Waals surface area contributed by atoms with Crippen LogP contribution in [-0.4, -0.2) is 25.5 Å². The average molecular weight is 428 g/mol. The number of nitrogens with zero attached hydrogens (tertiary/aromatic N) is 1. The van der Waals surface area contributed by atoms with Gasteiger partial charge in [0.15, 0.2) is 0 Å². The summed E-state index contributed by atoms with van der Waals surface area (Å²) in [6, 6.07) is 21.7. The number of hydrogen-bond acceptors (Lipinski definition) is 5. The van der Waals surface area contributed by atoms with E-state index >= 15 is 0 Å². The van der Waals surface area contributed by atoms with Gasteiger partial charge in [0.05, 0.1) is 30.7 Å². The molecule has 0 fully saturated rings. The molecule has 0 bridgehead atoms. The molecule has 0 unspecified atom stereocenters. The molecule has 0 atom stereocenters. The number of aryl methyl sites for hydroxylation is 1. The number of hydrogen-bond donors (Lipinski definition) is 1. The Balaban J connectivity index is 1.82. The number of amides is 2. The molecule has 0 saturated heterocycles. The molecule has 4 rings (SSSR count). The van der Waals surface area contributed by atoms with Crippen LogP contribution in [0.15, 0.2) is 78.5 Å². The fourth-order valence-electron chi connectivity index (χ4n) is 3.68. The first-order valence-corrected chi connectivity index (χ1v) is 10.4. The maximum absolute atomic E-state index is 13.5. The van der Waals surface area contributed by atoms with Crippen LogP contribution < -0.4 is 19.7 Å². The van der Waals surface area contributed by atoms with E-state index in [0.717, 1.165) is 5.56 Å². The van der Waals surface area contributed by atoms with Gasteiger partial charge in [0.1, 0.15) is 17.2 Å². The van der Waals surface area contributed by atoms with Crippen molar-refractivity contribution < 1.29 is 19.1 Å². The summed E-state index contributed by atoms with van der Waals surface area (Å²) in [5.74, 6) is 0.459. The van der Waals surface area contributed by atoms with Gasteiger partial charge in [-0.25, -0.2) is 4.90 Å². The molecule has 0 spiro atoms. The van der Waals surface area contributed by atoms with Crippen LogP contribution >= 0.6 is 0 Å². The van der Waals surface area contributed by atoms with Crippen molar-refractivity contribution >= 4 is 28.8 Å². The molecule has 6 nitrogen and oxygen atoms in total. The lowest BCUT2D eigenvalue weighted by Gasteiger charge is -2.16. The minimum Gasteiger partial charge on any atom is -0.495 e. The van der Waals surface area contributed by atoms with Crippen molar-refractivity contribution in [1.82, 2.24) is 0 Å². The maximum atomic E-state index is 13.5. The van der Waals surface area contributed by atoms with E-state index in [1.165, 1.54) is 4.90 Å². The molecule has 162 valence electrons. The molecular weight excluding hydrogens is 404 g/mol. The van der Waals surface area contributed by atoms with Gasteiger partial charge in [-0.1, -0.05) is 36.4 Å². The standard InChI is InChI=1S/C26H24N2O4/c1-4-32-20-14-12-18(13-15-20)23-24(27-21-10-5-6-11-22(21)31-3)26(30)28(25(23)29)19-9-7-8-17(2)16-19/h5-16,27H,4H2,1-3H3. The highest BCUT2D eigenvalue weighted by atomic mass is 16.5. The molecule has 0 aliphatic carbocycles. The third-order valence-electron chi connectivity index (χ3n) is 5.16. The summed E-state index contributed by atoms with van der Waals surface area (Å²) in [6.07, 6.45) is 0. The number of methoxy groups -OCH3 is 1. The Labute approximate surface area is 187 Å². The highest BCUT2D eigenvalue weighted by Crippen LogP contribution is 2.36. The van der Waals surface area contributed by atoms with Crippen LogP contribution in [0.2, 0.25) is 0 Å². The van der Waals surface area contributed by atoms with Crippen molar-refractivity contribution in [3.63, 3.8) is 0 Å². The number of benzene rings is 3. The van der Waals surface area contributed by atoms with E-state index in [1.54, 1.807) is 49.6 Å². The van der Waals surface area contributed by atoms with Crippen molar-refractivity contribution in [2.24, 2.45) is 0 Å². The Morgan fingerprint density at radius 1 is 0.906 bits per heavy atom. The summed E-state index contributed by atoms with van der Waals surface area (Å²) in [7, 11) is 1.56. The van der Waals surface area contributed by atoms with Gasteiger partial charge in [-0.3, -0.25) is 9.59 Å². The summed E-state index contributed by atoms with van der Waals surface area (Å²) >= 11 is 0. The van der Waals surface area contributed by atoms with Crippen LogP contribution in [0.5, 0.6) is 11.5 Å². The molecule has 1 aliphatic heterocycles. The molecule has 1 heterocycles. The minimum atomic E-state index is -0.421. The normalized spacial score (nSPS) is 13.5. The molecule has 6 heteroatoms. The number of para-hydroxylation sites is 2. The lowest BCUT2D eigenvalue weighted by atomic mass is 10.0. The molecule has 2 amide bonds. The van der Waals surface area contributed by atoms with Crippen LogP contribution in [0.25, 0.3) is 5.57 Å². The highest BCUT2D eigenvalue weighted by molar-refractivity contribution is 6.46. The van der Waals surface area contributed by atoms with Gasteiger partial charge >= 0.3 is 0 Å². The zero-order valence-electron chi connectivity index (χ0n) is 18.2. The summed E-state index contributed by atoms with van der Waals surface area (Å²) in [6.45, 7) is 4.37. The molecule has 0 aromatic heterocycles. The Morgan fingerprint density at radius 2 is 1.66 bits per heavy atom. The lowest BCUT2D eigenvalue weighted by molar-refractivity contribution is -0.120. The number of nitrogens with one attached hydrogen (secondary N) is 1. The largest absolute Gasteiger partial charge is 0.495 e. The Hall–Kier alpha value is -4.06. The second kappa shape index (κ2) is 8.98. The predicted octanol–water partition coefficient (Wildman–Crippen LogP) is 4.80. The average Bonchev–Trinajstić information content (AvgIpc) is 3.04. The van der Waals surface area contributed by atoms with Gasteiger partial charge in [0.2, 0.25) is 0 Å². The maximum Gasteiger partial charge on any atom is 0.282 e. The zero-order valence-corrected chi connectivity index (χ0v) is 18.2. The lowest BCUT2D eigenvalue weighted by Crippen LogP contribution is -2.32. The molecular formula is C26H24N2O4. The first kappa shape index (κ1) is 21.2. The quantitative estimate of drug-likeness (QED) is 0.548. The molecule has 1 aliphatic rings. The van der Waals surface area contributed by atoms with E-state index in [9.17, 15) is 9.59 Å². The Kier molecular flexibility index (Phi) is 5.94. The van der Waals surface area contributed by atoms with Gasteiger partial charge in [-0.2, -0.15) is 0 Å². The van der Waals surface area contributed by atoms with Crippen LogP contribution in [0.1, 0.15) is 18.1 Å². The van der Waals surface area contributed by atoms with E-state index in [4.69, 9.17) is 9.47 Å². The molecule has 1 N–H and O–H groups in total. The van der Waals surface area contributed by atoms with Crippen molar-refractivity contribution in [3.8, 4) is 11.5 Å². The fraction of sp³-hybridized carbons (Fsp3) is 0.154. The number of imide groups is 1. The van der Waals surface area contributed by atoms with Crippen molar-refractivity contribution in [3.05, 3.63) is 89.6 Å². The summed E-state index contributed by atoms with van der Waals surface area (Å²) in [5.41, 5.74) is 3.20. The number of carbonyl (C=O) groups excluding carboxylic acids is 2. The van der Waals surface area contributed by atoms with Gasteiger partial charge in [-0.15, -0.1) is 0 Å². The van der Waals surface area contributed by atoms with Crippen LogP contribution in [0.4, 0.5) is 11.4 Å². The van der Waals surface area contributed by atoms with Gasteiger partial charge in [0, 0.05) is 0 Å². The first-order valence-electron chi connectivity index (χ1n) is 10.4.